The Morgan fingerprint density at radius 3 is 2.58 bits per heavy atom. The highest BCUT2D eigenvalue weighted by Gasteiger charge is 2.44. The van der Waals surface area contributed by atoms with Crippen molar-refractivity contribution in [3.63, 3.8) is 0 Å². The summed E-state index contributed by atoms with van der Waals surface area (Å²) in [5.41, 5.74) is 3.25. The molecule has 3 aliphatic rings. The van der Waals surface area contributed by atoms with Crippen LogP contribution < -0.4 is 9.47 Å². The molecule has 1 atom stereocenters. The smallest absolute Gasteiger partial charge is 0.161 e. The highest BCUT2D eigenvalue weighted by molar-refractivity contribution is 5.53. The number of rotatable bonds is 4. The second kappa shape index (κ2) is 6.57. The molecule has 132 valence electrons. The topological polar surface area (TPSA) is 30.9 Å². The molecule has 4 nitrogen and oxygen atoms in total. The molecule has 2 heterocycles. The van der Waals surface area contributed by atoms with Gasteiger partial charge in [-0.25, -0.2) is 0 Å². The van der Waals surface area contributed by atoms with Crippen LogP contribution in [0.3, 0.4) is 0 Å². The fourth-order valence-corrected chi connectivity index (χ4v) is 4.80. The highest BCUT2D eigenvalue weighted by Crippen LogP contribution is 2.51. The van der Waals surface area contributed by atoms with Crippen molar-refractivity contribution in [2.45, 2.75) is 51.0 Å². The molecule has 0 N–H and O–H groups in total. The molecule has 1 aliphatic carbocycles. The Hall–Kier alpha value is -1.26. The van der Waals surface area contributed by atoms with Gasteiger partial charge in [0.2, 0.25) is 0 Å². The molecule has 1 aromatic rings. The number of nitrogens with zero attached hydrogens (tertiary/aromatic N) is 1. The van der Waals surface area contributed by atoms with Gasteiger partial charge in [-0.2, -0.15) is 0 Å². The zero-order chi connectivity index (χ0) is 16.6. The second-order valence-corrected chi connectivity index (χ2v) is 7.41. The highest BCUT2D eigenvalue weighted by atomic mass is 16.6. The molecule has 1 aromatic carbocycles. The summed E-state index contributed by atoms with van der Waals surface area (Å²) in [5, 5.41) is 0. The summed E-state index contributed by atoms with van der Waals surface area (Å²) < 4.78 is 17.4. The lowest BCUT2D eigenvalue weighted by Crippen LogP contribution is -2.47. The van der Waals surface area contributed by atoms with Crippen molar-refractivity contribution >= 4 is 0 Å². The summed E-state index contributed by atoms with van der Waals surface area (Å²) in [6, 6.07) is 4.95. The molecule has 1 fully saturated rings. The maximum Gasteiger partial charge on any atom is 0.161 e. The quantitative estimate of drug-likeness (QED) is 0.788. The molecular formula is C20H29NO3. The molecule has 1 spiro atoms. The van der Waals surface area contributed by atoms with Crippen LogP contribution in [0.4, 0.5) is 0 Å². The Morgan fingerprint density at radius 2 is 1.88 bits per heavy atom. The van der Waals surface area contributed by atoms with E-state index in [1.54, 1.807) is 0 Å². The fourth-order valence-electron chi connectivity index (χ4n) is 4.80. The Kier molecular flexibility index (Phi) is 4.44. The first kappa shape index (κ1) is 16.2. The van der Waals surface area contributed by atoms with Gasteiger partial charge in [-0.1, -0.05) is 12.8 Å². The molecule has 0 amide bonds. The Balaban J connectivity index is 1.71. The third-order valence-corrected chi connectivity index (χ3v) is 6.08. The third kappa shape index (κ3) is 2.70. The Labute approximate surface area is 145 Å². The van der Waals surface area contributed by atoms with E-state index in [0.717, 1.165) is 37.8 Å². The van der Waals surface area contributed by atoms with Crippen LogP contribution in [0.5, 0.6) is 11.5 Å². The predicted octanol–water partition coefficient (Wildman–Crippen LogP) is 3.68. The molecule has 24 heavy (non-hydrogen) atoms. The largest absolute Gasteiger partial charge is 0.486 e. The zero-order valence-electron chi connectivity index (χ0n) is 15.0. The van der Waals surface area contributed by atoms with E-state index in [1.807, 2.05) is 0 Å². The maximum absolute atomic E-state index is 5.88. The van der Waals surface area contributed by atoms with Crippen LogP contribution in [0.25, 0.3) is 0 Å². The van der Waals surface area contributed by atoms with Gasteiger partial charge in [-0.05, 0) is 49.9 Å². The average molecular weight is 331 g/mol. The molecule has 4 rings (SSSR count). The van der Waals surface area contributed by atoms with Gasteiger partial charge in [0.05, 0.1) is 6.61 Å². The van der Waals surface area contributed by atoms with E-state index in [9.17, 15) is 0 Å². The van der Waals surface area contributed by atoms with Gasteiger partial charge < -0.3 is 14.2 Å². The molecule has 4 heteroatoms. The molecule has 0 saturated heterocycles. The SMILES string of the molecule is CCOCCN1CC2(CCCC2)c2cc3c(cc2C1C)OCCO3. The summed E-state index contributed by atoms with van der Waals surface area (Å²) in [6.45, 7) is 9.46. The van der Waals surface area contributed by atoms with Crippen molar-refractivity contribution < 1.29 is 14.2 Å². The van der Waals surface area contributed by atoms with Crippen molar-refractivity contribution in [3.05, 3.63) is 23.3 Å². The van der Waals surface area contributed by atoms with Gasteiger partial charge in [0.1, 0.15) is 13.2 Å². The standard InChI is InChI=1S/C20H29NO3/c1-3-22-9-8-21-14-20(6-4-5-7-20)17-13-19-18(23-10-11-24-19)12-16(17)15(21)2/h12-13,15H,3-11,14H2,1-2H3. The lowest BCUT2D eigenvalue weighted by Gasteiger charge is -2.46. The Morgan fingerprint density at radius 1 is 1.17 bits per heavy atom. The van der Waals surface area contributed by atoms with E-state index in [-0.39, 0.29) is 0 Å². The van der Waals surface area contributed by atoms with Crippen LogP contribution in [0.1, 0.15) is 56.7 Å². The van der Waals surface area contributed by atoms with E-state index in [1.165, 1.54) is 36.8 Å². The first-order chi connectivity index (χ1) is 11.7. The first-order valence-electron chi connectivity index (χ1n) is 9.49. The van der Waals surface area contributed by atoms with Gasteiger partial charge in [-0.3, -0.25) is 4.90 Å². The fraction of sp³-hybridized carbons (Fsp3) is 0.700. The summed E-state index contributed by atoms with van der Waals surface area (Å²) in [4.78, 5) is 2.61. The van der Waals surface area contributed by atoms with Crippen molar-refractivity contribution in [1.29, 1.82) is 0 Å². The van der Waals surface area contributed by atoms with Crippen LogP contribution >= 0.6 is 0 Å². The van der Waals surface area contributed by atoms with Crippen LogP contribution in [-0.4, -0.2) is 44.4 Å². The molecule has 2 aliphatic heterocycles. The first-order valence-corrected chi connectivity index (χ1v) is 9.49. The van der Waals surface area contributed by atoms with Crippen molar-refractivity contribution in [3.8, 4) is 11.5 Å². The van der Waals surface area contributed by atoms with Gasteiger partial charge in [0, 0.05) is 31.2 Å². The van der Waals surface area contributed by atoms with Crippen LogP contribution in [0.15, 0.2) is 12.1 Å². The van der Waals surface area contributed by atoms with Gasteiger partial charge in [-0.15, -0.1) is 0 Å². The minimum absolute atomic E-state index is 0.296. The van der Waals surface area contributed by atoms with Crippen LogP contribution in [0.2, 0.25) is 0 Å². The molecule has 0 aromatic heterocycles. The molecule has 0 bridgehead atoms. The van der Waals surface area contributed by atoms with E-state index >= 15 is 0 Å². The molecule has 1 unspecified atom stereocenters. The second-order valence-electron chi connectivity index (χ2n) is 7.41. The van der Waals surface area contributed by atoms with Gasteiger partial charge >= 0.3 is 0 Å². The predicted molar refractivity (Wildman–Crippen MR) is 94.1 cm³/mol. The number of benzene rings is 1. The van der Waals surface area contributed by atoms with E-state index in [0.29, 0.717) is 24.7 Å². The monoisotopic (exact) mass is 331 g/mol. The van der Waals surface area contributed by atoms with Crippen molar-refractivity contribution in [2.75, 3.05) is 39.5 Å². The third-order valence-electron chi connectivity index (χ3n) is 6.08. The Bertz CT molecular complexity index is 595. The zero-order valence-corrected chi connectivity index (χ0v) is 15.0. The minimum Gasteiger partial charge on any atom is -0.486 e. The van der Waals surface area contributed by atoms with Crippen LogP contribution in [0, 0.1) is 0 Å². The van der Waals surface area contributed by atoms with Crippen LogP contribution in [-0.2, 0) is 10.2 Å². The molecule has 1 saturated carbocycles. The number of ether oxygens (including phenoxy) is 3. The number of fused-ring (bicyclic) bond motifs is 3. The average Bonchev–Trinajstić information content (AvgIpc) is 3.08. The maximum atomic E-state index is 5.88. The van der Waals surface area contributed by atoms with E-state index in [4.69, 9.17) is 14.2 Å². The molecular weight excluding hydrogens is 302 g/mol. The van der Waals surface area contributed by atoms with E-state index < -0.39 is 0 Å². The summed E-state index contributed by atoms with van der Waals surface area (Å²) >= 11 is 0. The van der Waals surface area contributed by atoms with Crippen molar-refractivity contribution in [1.82, 2.24) is 4.90 Å². The minimum atomic E-state index is 0.296. The summed E-state index contributed by atoms with van der Waals surface area (Å²) in [7, 11) is 0. The summed E-state index contributed by atoms with van der Waals surface area (Å²) in [5.74, 6) is 1.87. The van der Waals surface area contributed by atoms with E-state index in [2.05, 4.69) is 30.9 Å². The van der Waals surface area contributed by atoms with Gasteiger partial charge in [0.15, 0.2) is 11.5 Å². The lowest BCUT2D eigenvalue weighted by atomic mass is 9.71. The summed E-state index contributed by atoms with van der Waals surface area (Å²) in [6.07, 6.45) is 5.25. The number of hydrogen-bond acceptors (Lipinski definition) is 4. The molecule has 0 radical (unpaired) electrons. The van der Waals surface area contributed by atoms with Gasteiger partial charge in [0.25, 0.3) is 0 Å². The lowest BCUT2D eigenvalue weighted by molar-refractivity contribution is 0.0725. The normalized spacial score (nSPS) is 25.0. The number of hydrogen-bond donors (Lipinski definition) is 0. The van der Waals surface area contributed by atoms with Crippen molar-refractivity contribution in [2.24, 2.45) is 0 Å².